The highest BCUT2D eigenvalue weighted by atomic mass is 19.1. The highest BCUT2D eigenvalue weighted by Gasteiger charge is 2.31. The molecule has 0 saturated heterocycles. The highest BCUT2D eigenvalue weighted by molar-refractivity contribution is 5.94. The number of rotatable bonds is 5. The van der Waals surface area contributed by atoms with Crippen LogP contribution in [0.2, 0.25) is 0 Å². The highest BCUT2D eigenvalue weighted by Crippen LogP contribution is 2.34. The number of carbonyl (C=O) groups is 1. The number of amides is 1. The van der Waals surface area contributed by atoms with E-state index in [9.17, 15) is 13.6 Å². The number of halogens is 2. The zero-order valence-corrected chi connectivity index (χ0v) is 17.4. The molecular weight excluding hydrogens is 428 g/mol. The average Bonchev–Trinajstić information content (AvgIpc) is 3.36. The molecule has 1 amide bonds. The molecule has 0 saturated carbocycles. The van der Waals surface area contributed by atoms with Gasteiger partial charge in [-0.25, -0.2) is 18.4 Å². The lowest BCUT2D eigenvalue weighted by Crippen LogP contribution is -2.46. The predicted molar refractivity (Wildman–Crippen MR) is 118 cm³/mol. The topological polar surface area (TPSA) is 72.3 Å². The molecule has 0 aliphatic carbocycles. The molecule has 0 fully saturated rings. The minimum atomic E-state index is -0.950. The molecular formula is C24H19F2N5O2. The molecule has 0 radical (unpaired) electrons. The molecule has 33 heavy (non-hydrogen) atoms. The molecule has 1 N–H and O–H groups in total. The van der Waals surface area contributed by atoms with Crippen LogP contribution in [-0.2, 0) is 11.3 Å². The van der Waals surface area contributed by atoms with Gasteiger partial charge in [-0.1, -0.05) is 24.3 Å². The fourth-order valence-corrected chi connectivity index (χ4v) is 3.69. The quantitative estimate of drug-likeness (QED) is 0.502. The summed E-state index contributed by atoms with van der Waals surface area (Å²) in [6.45, 7) is 0.777. The summed E-state index contributed by atoms with van der Waals surface area (Å²) in [7, 11) is 0. The SMILES string of the molecule is O=C(Nc1ncc(F)cc1F)C1CN(Cc2ccc(-n3cccn3)cc2)c2ccccc2O1. The van der Waals surface area contributed by atoms with Crippen molar-refractivity contribution in [3.8, 4) is 11.4 Å². The van der Waals surface area contributed by atoms with Crippen molar-refractivity contribution in [3.63, 3.8) is 0 Å². The Morgan fingerprint density at radius 2 is 1.94 bits per heavy atom. The normalized spacial score (nSPS) is 15.0. The maximum Gasteiger partial charge on any atom is 0.268 e. The van der Waals surface area contributed by atoms with Crippen LogP contribution in [0.3, 0.4) is 0 Å². The molecule has 166 valence electrons. The van der Waals surface area contributed by atoms with E-state index in [1.165, 1.54) is 0 Å². The van der Waals surface area contributed by atoms with E-state index in [0.717, 1.165) is 23.1 Å². The van der Waals surface area contributed by atoms with Crippen LogP contribution in [0.4, 0.5) is 20.3 Å². The molecule has 2 aromatic carbocycles. The number of nitrogens with one attached hydrogen (secondary N) is 1. The average molecular weight is 447 g/mol. The minimum Gasteiger partial charge on any atom is -0.477 e. The van der Waals surface area contributed by atoms with Crippen LogP contribution >= 0.6 is 0 Å². The third-order valence-corrected chi connectivity index (χ3v) is 5.28. The van der Waals surface area contributed by atoms with E-state index in [-0.39, 0.29) is 12.4 Å². The summed E-state index contributed by atoms with van der Waals surface area (Å²) < 4.78 is 34.7. The fourth-order valence-electron chi connectivity index (χ4n) is 3.69. The molecule has 1 unspecified atom stereocenters. The first kappa shape index (κ1) is 20.6. The zero-order valence-electron chi connectivity index (χ0n) is 17.4. The number of carbonyl (C=O) groups excluding carboxylic acids is 1. The Bertz CT molecular complexity index is 1280. The molecule has 0 spiro atoms. The second-order valence-electron chi connectivity index (χ2n) is 7.55. The van der Waals surface area contributed by atoms with E-state index < -0.39 is 23.6 Å². The number of anilines is 2. The van der Waals surface area contributed by atoms with E-state index in [4.69, 9.17) is 4.74 Å². The van der Waals surface area contributed by atoms with Gasteiger partial charge in [-0.2, -0.15) is 5.10 Å². The van der Waals surface area contributed by atoms with Gasteiger partial charge in [-0.15, -0.1) is 0 Å². The summed E-state index contributed by atoms with van der Waals surface area (Å²) in [6.07, 6.45) is 3.52. The van der Waals surface area contributed by atoms with E-state index in [0.29, 0.717) is 18.4 Å². The maximum atomic E-state index is 13.9. The Kier molecular flexibility index (Phi) is 5.43. The van der Waals surface area contributed by atoms with E-state index in [1.54, 1.807) is 16.9 Å². The zero-order chi connectivity index (χ0) is 22.8. The van der Waals surface area contributed by atoms with Gasteiger partial charge in [-0.05, 0) is 35.9 Å². The molecule has 9 heteroatoms. The number of benzene rings is 2. The number of hydrogen-bond acceptors (Lipinski definition) is 5. The second-order valence-corrected chi connectivity index (χ2v) is 7.55. The van der Waals surface area contributed by atoms with Crippen molar-refractivity contribution in [2.24, 2.45) is 0 Å². The number of ether oxygens (including phenoxy) is 1. The lowest BCUT2D eigenvalue weighted by atomic mass is 10.1. The Labute approximate surface area is 188 Å². The molecule has 4 aromatic rings. The molecule has 0 bridgehead atoms. The number of pyridine rings is 1. The van der Waals surface area contributed by atoms with Crippen molar-refractivity contribution in [3.05, 3.63) is 96.5 Å². The van der Waals surface area contributed by atoms with Crippen LogP contribution in [0.25, 0.3) is 5.69 Å². The fraction of sp³-hybridized carbons (Fsp3) is 0.125. The van der Waals surface area contributed by atoms with Crippen LogP contribution in [0.1, 0.15) is 5.56 Å². The van der Waals surface area contributed by atoms with E-state index >= 15 is 0 Å². The minimum absolute atomic E-state index is 0.243. The third-order valence-electron chi connectivity index (χ3n) is 5.28. The Balaban J connectivity index is 1.35. The Morgan fingerprint density at radius 3 is 2.70 bits per heavy atom. The number of fused-ring (bicyclic) bond motifs is 1. The first-order valence-corrected chi connectivity index (χ1v) is 10.3. The lowest BCUT2D eigenvalue weighted by Gasteiger charge is -2.35. The summed E-state index contributed by atoms with van der Waals surface area (Å²) in [5, 5.41) is 6.62. The van der Waals surface area contributed by atoms with Crippen molar-refractivity contribution in [2.45, 2.75) is 12.6 Å². The molecule has 5 rings (SSSR count). The standard InChI is InChI=1S/C24H19F2N5O2/c25-17-12-19(26)23(27-13-17)29-24(32)22-15-30(20-4-1-2-5-21(20)33-22)14-16-6-8-18(9-7-16)31-11-3-10-28-31/h1-13,22H,14-15H2,(H,27,29,32). The summed E-state index contributed by atoms with van der Waals surface area (Å²) in [6, 6.07) is 17.9. The third kappa shape index (κ3) is 4.38. The van der Waals surface area contributed by atoms with Gasteiger partial charge in [0.2, 0.25) is 0 Å². The monoisotopic (exact) mass is 447 g/mol. The summed E-state index contributed by atoms with van der Waals surface area (Å²) in [4.78, 5) is 18.5. The van der Waals surface area contributed by atoms with Crippen LogP contribution < -0.4 is 15.0 Å². The van der Waals surface area contributed by atoms with Gasteiger partial charge in [0.15, 0.2) is 17.7 Å². The van der Waals surface area contributed by atoms with E-state index in [1.807, 2.05) is 59.6 Å². The Morgan fingerprint density at radius 1 is 1.12 bits per heavy atom. The number of aromatic nitrogens is 3. The first-order valence-electron chi connectivity index (χ1n) is 10.3. The largest absolute Gasteiger partial charge is 0.477 e. The molecule has 1 aliphatic heterocycles. The van der Waals surface area contributed by atoms with Crippen molar-refractivity contribution in [1.29, 1.82) is 0 Å². The van der Waals surface area contributed by atoms with Crippen molar-refractivity contribution in [2.75, 3.05) is 16.8 Å². The van der Waals surface area contributed by atoms with Crippen molar-refractivity contribution in [1.82, 2.24) is 14.8 Å². The number of nitrogens with zero attached hydrogens (tertiary/aromatic N) is 4. The summed E-state index contributed by atoms with van der Waals surface area (Å²) in [5.74, 6) is -2.14. The van der Waals surface area contributed by atoms with Crippen LogP contribution in [0.15, 0.2) is 79.3 Å². The second kappa shape index (κ2) is 8.70. The lowest BCUT2D eigenvalue weighted by molar-refractivity contribution is -0.122. The Hall–Kier alpha value is -4.27. The van der Waals surface area contributed by atoms with Crippen molar-refractivity contribution >= 4 is 17.4 Å². The summed E-state index contributed by atoms with van der Waals surface area (Å²) in [5.41, 5.74) is 2.83. The summed E-state index contributed by atoms with van der Waals surface area (Å²) >= 11 is 0. The van der Waals surface area contributed by atoms with Gasteiger partial charge >= 0.3 is 0 Å². The molecule has 2 aromatic heterocycles. The first-order chi connectivity index (χ1) is 16.1. The van der Waals surface area contributed by atoms with Gasteiger partial charge < -0.3 is 15.0 Å². The van der Waals surface area contributed by atoms with Gasteiger partial charge in [0.05, 0.1) is 24.1 Å². The van der Waals surface area contributed by atoms with Gasteiger partial charge in [0.25, 0.3) is 5.91 Å². The predicted octanol–water partition coefficient (Wildman–Crippen LogP) is 3.95. The van der Waals surface area contributed by atoms with Gasteiger partial charge in [0.1, 0.15) is 11.6 Å². The van der Waals surface area contributed by atoms with Crippen LogP contribution in [0, 0.1) is 11.6 Å². The molecule has 1 aliphatic rings. The van der Waals surface area contributed by atoms with Crippen molar-refractivity contribution < 1.29 is 18.3 Å². The maximum absolute atomic E-state index is 13.9. The van der Waals surface area contributed by atoms with Gasteiger partial charge in [0, 0.05) is 25.0 Å². The van der Waals surface area contributed by atoms with Gasteiger partial charge in [-0.3, -0.25) is 4.79 Å². The number of para-hydroxylation sites is 2. The van der Waals surface area contributed by atoms with E-state index in [2.05, 4.69) is 15.4 Å². The number of hydrogen-bond donors (Lipinski definition) is 1. The molecule has 3 heterocycles. The van der Waals surface area contributed by atoms with Crippen LogP contribution in [-0.4, -0.2) is 33.3 Å². The smallest absolute Gasteiger partial charge is 0.268 e. The molecule has 1 atom stereocenters. The van der Waals surface area contributed by atoms with Crippen LogP contribution in [0.5, 0.6) is 5.75 Å². The molecule has 7 nitrogen and oxygen atoms in total.